The smallest absolute Gasteiger partial charge is 0.208 e. The van der Waals surface area contributed by atoms with Gasteiger partial charge < -0.3 is 14.5 Å². The summed E-state index contributed by atoms with van der Waals surface area (Å²) in [6.45, 7) is 2.03. The van der Waals surface area contributed by atoms with E-state index in [0.717, 1.165) is 11.4 Å². The molecule has 0 aromatic carbocycles. The van der Waals surface area contributed by atoms with Crippen LogP contribution in [0.5, 0.6) is 0 Å². The van der Waals surface area contributed by atoms with Crippen molar-refractivity contribution in [2.45, 2.75) is 6.54 Å². The molecule has 0 bridgehead atoms. The number of rotatable bonds is 6. The Kier molecular flexibility index (Phi) is 4.56. The molecule has 0 amide bonds. The minimum absolute atomic E-state index is 0.590. The van der Waals surface area contributed by atoms with Gasteiger partial charge in [-0.25, -0.2) is 4.98 Å². The lowest BCUT2D eigenvalue weighted by molar-refractivity contribution is 0.198. The van der Waals surface area contributed by atoms with Gasteiger partial charge in [-0.15, -0.1) is 11.3 Å². The van der Waals surface area contributed by atoms with Crippen LogP contribution in [-0.2, 0) is 11.3 Å². The fourth-order valence-corrected chi connectivity index (χ4v) is 2.43. The van der Waals surface area contributed by atoms with Crippen LogP contribution in [0.3, 0.4) is 0 Å². The van der Waals surface area contributed by atoms with Crippen LogP contribution in [0.4, 0.5) is 0 Å². The van der Waals surface area contributed by atoms with Crippen LogP contribution in [0.15, 0.2) is 22.1 Å². The van der Waals surface area contributed by atoms with E-state index in [-0.39, 0.29) is 0 Å². The van der Waals surface area contributed by atoms with Crippen LogP contribution < -0.4 is 5.32 Å². The Morgan fingerprint density at radius 1 is 1.59 bits per heavy atom. The van der Waals surface area contributed by atoms with Crippen molar-refractivity contribution in [3.8, 4) is 10.6 Å². The van der Waals surface area contributed by atoms with Crippen molar-refractivity contribution in [3.05, 3.63) is 28.6 Å². The Hall–Kier alpha value is -0.880. The number of hydrogen-bond donors (Lipinski definition) is 1. The van der Waals surface area contributed by atoms with Crippen LogP contribution in [0.2, 0.25) is 5.02 Å². The summed E-state index contributed by atoms with van der Waals surface area (Å²) in [6.07, 6.45) is 1.70. The van der Waals surface area contributed by atoms with Gasteiger partial charge in [0.25, 0.3) is 0 Å². The van der Waals surface area contributed by atoms with Gasteiger partial charge in [0.15, 0.2) is 5.76 Å². The Morgan fingerprint density at radius 2 is 2.47 bits per heavy atom. The lowest BCUT2D eigenvalue weighted by Crippen LogP contribution is -2.18. The number of thiophene rings is 1. The van der Waals surface area contributed by atoms with Gasteiger partial charge >= 0.3 is 0 Å². The predicted molar refractivity (Wildman–Crippen MR) is 68.4 cm³/mol. The molecule has 0 unspecified atom stereocenters. The second kappa shape index (κ2) is 6.16. The van der Waals surface area contributed by atoms with Crippen molar-refractivity contribution < 1.29 is 9.15 Å². The Bertz CT molecular complexity index is 469. The third kappa shape index (κ3) is 3.29. The molecule has 92 valence electrons. The molecule has 0 saturated carbocycles. The first-order valence-electron chi connectivity index (χ1n) is 5.19. The molecule has 2 rings (SSSR count). The molecule has 0 spiro atoms. The highest BCUT2D eigenvalue weighted by molar-refractivity contribution is 7.14. The summed E-state index contributed by atoms with van der Waals surface area (Å²) in [7, 11) is 1.67. The van der Waals surface area contributed by atoms with Gasteiger partial charge in [0.1, 0.15) is 0 Å². The number of oxazole rings is 1. The summed E-state index contributed by atoms with van der Waals surface area (Å²) in [6, 6.07) is 1.85. The zero-order valence-corrected chi connectivity index (χ0v) is 11.0. The third-order valence-electron chi connectivity index (χ3n) is 2.15. The van der Waals surface area contributed by atoms with Gasteiger partial charge in [-0.1, -0.05) is 11.6 Å². The molecule has 0 aliphatic rings. The largest absolute Gasteiger partial charge is 0.438 e. The number of ether oxygens (including phenoxy) is 1. The number of nitrogens with one attached hydrogen (secondary N) is 1. The van der Waals surface area contributed by atoms with Gasteiger partial charge in [0, 0.05) is 13.7 Å². The van der Waals surface area contributed by atoms with E-state index < -0.39 is 0 Å². The summed E-state index contributed by atoms with van der Waals surface area (Å²) in [5, 5.41) is 5.79. The maximum Gasteiger partial charge on any atom is 0.208 e. The Labute approximate surface area is 109 Å². The first-order chi connectivity index (χ1) is 8.31. The number of aromatic nitrogens is 1. The van der Waals surface area contributed by atoms with Crippen molar-refractivity contribution in [1.82, 2.24) is 10.3 Å². The van der Waals surface area contributed by atoms with E-state index in [1.165, 1.54) is 0 Å². The van der Waals surface area contributed by atoms with Crippen LogP contribution in [0.1, 0.15) is 5.89 Å². The van der Waals surface area contributed by atoms with E-state index in [2.05, 4.69) is 10.3 Å². The maximum absolute atomic E-state index is 6.02. The van der Waals surface area contributed by atoms with Crippen molar-refractivity contribution in [3.63, 3.8) is 0 Å². The molecule has 0 saturated heterocycles. The van der Waals surface area contributed by atoms with E-state index in [9.17, 15) is 0 Å². The molecular formula is C11H13ClN2O2S. The molecule has 0 aliphatic heterocycles. The molecular weight excluding hydrogens is 260 g/mol. The Morgan fingerprint density at radius 3 is 3.18 bits per heavy atom. The molecule has 1 N–H and O–H groups in total. The first-order valence-corrected chi connectivity index (χ1v) is 6.44. The van der Waals surface area contributed by atoms with Crippen molar-refractivity contribution in [2.24, 2.45) is 0 Å². The van der Waals surface area contributed by atoms with Crippen molar-refractivity contribution in [1.29, 1.82) is 0 Å². The van der Waals surface area contributed by atoms with Crippen molar-refractivity contribution >= 4 is 22.9 Å². The molecule has 0 aliphatic carbocycles. The average molecular weight is 273 g/mol. The van der Waals surface area contributed by atoms with Crippen LogP contribution in [0.25, 0.3) is 10.6 Å². The van der Waals surface area contributed by atoms with Gasteiger partial charge in [-0.2, -0.15) is 0 Å². The summed E-state index contributed by atoms with van der Waals surface area (Å²) < 4.78 is 10.5. The summed E-state index contributed by atoms with van der Waals surface area (Å²) >= 11 is 7.56. The second-order valence-electron chi connectivity index (χ2n) is 3.39. The average Bonchev–Trinajstić information content (AvgIpc) is 2.93. The van der Waals surface area contributed by atoms with E-state index >= 15 is 0 Å². The van der Waals surface area contributed by atoms with E-state index in [1.807, 2.05) is 11.4 Å². The van der Waals surface area contributed by atoms with Gasteiger partial charge in [0.2, 0.25) is 5.89 Å². The number of hydrogen-bond acceptors (Lipinski definition) is 5. The molecule has 17 heavy (non-hydrogen) atoms. The molecule has 0 fully saturated rings. The summed E-state index contributed by atoms with van der Waals surface area (Å²) in [4.78, 5) is 5.11. The molecule has 4 nitrogen and oxygen atoms in total. The third-order valence-corrected chi connectivity index (χ3v) is 3.51. The number of nitrogens with zero attached hydrogens (tertiary/aromatic N) is 1. The second-order valence-corrected chi connectivity index (χ2v) is 4.71. The van der Waals surface area contributed by atoms with Crippen LogP contribution in [0, 0.1) is 0 Å². The normalized spacial score (nSPS) is 10.9. The monoisotopic (exact) mass is 272 g/mol. The minimum atomic E-state index is 0.590. The molecule has 2 heterocycles. The molecule has 0 radical (unpaired) electrons. The van der Waals surface area contributed by atoms with Gasteiger partial charge in [0.05, 0.1) is 29.2 Å². The van der Waals surface area contributed by atoms with Crippen LogP contribution >= 0.6 is 22.9 Å². The topological polar surface area (TPSA) is 47.3 Å². The standard InChI is InChI=1S/C11H13ClN2O2S/c1-15-4-3-13-7-10-14-6-9(16-10)11-8(12)2-5-17-11/h2,5-6,13H,3-4,7H2,1H3. The molecule has 6 heteroatoms. The van der Waals surface area contributed by atoms with E-state index in [0.29, 0.717) is 29.8 Å². The number of halogens is 1. The van der Waals surface area contributed by atoms with Gasteiger partial charge in [-0.3, -0.25) is 0 Å². The lowest BCUT2D eigenvalue weighted by Gasteiger charge is -1.99. The molecule has 2 aromatic rings. The summed E-state index contributed by atoms with van der Waals surface area (Å²) in [5.41, 5.74) is 0. The zero-order valence-electron chi connectivity index (χ0n) is 9.40. The highest BCUT2D eigenvalue weighted by Gasteiger charge is 2.10. The molecule has 2 aromatic heterocycles. The van der Waals surface area contributed by atoms with Gasteiger partial charge in [-0.05, 0) is 11.4 Å². The SMILES string of the molecule is COCCNCc1ncc(-c2sccc2Cl)o1. The highest BCUT2D eigenvalue weighted by atomic mass is 35.5. The van der Waals surface area contributed by atoms with E-state index in [4.69, 9.17) is 20.8 Å². The summed E-state index contributed by atoms with van der Waals surface area (Å²) in [5.74, 6) is 1.37. The zero-order chi connectivity index (χ0) is 12.1. The Balaban J connectivity index is 1.95. The quantitative estimate of drug-likeness (QED) is 0.822. The number of methoxy groups -OCH3 is 1. The maximum atomic E-state index is 6.02. The predicted octanol–water partition coefficient (Wildman–Crippen LogP) is 2.79. The minimum Gasteiger partial charge on any atom is -0.438 e. The van der Waals surface area contributed by atoms with E-state index in [1.54, 1.807) is 24.6 Å². The highest BCUT2D eigenvalue weighted by Crippen LogP contribution is 2.33. The molecule has 0 atom stereocenters. The van der Waals surface area contributed by atoms with Crippen molar-refractivity contribution in [2.75, 3.05) is 20.3 Å². The fourth-order valence-electron chi connectivity index (χ4n) is 1.34. The fraction of sp³-hybridized carbons (Fsp3) is 0.364. The van der Waals surface area contributed by atoms with Crippen LogP contribution in [-0.4, -0.2) is 25.2 Å². The lowest BCUT2D eigenvalue weighted by atomic mass is 10.4. The first kappa shape index (κ1) is 12.6.